The first-order chi connectivity index (χ1) is 7.84. The molecule has 0 saturated heterocycles. The largest absolute Gasteiger partial charge is 0.397 e. The van der Waals surface area contributed by atoms with E-state index in [0.29, 0.717) is 16.7 Å². The predicted octanol–water partition coefficient (Wildman–Crippen LogP) is 1.81. The summed E-state index contributed by atoms with van der Waals surface area (Å²) in [4.78, 5) is 0.905. The standard InChI is InChI=1S/C8H5N5OS2/c9-4-1-2-5(7-6(4)12-14-13-7)16-8-11-10-3-15-8/h1-3H,9H2. The maximum Gasteiger partial charge on any atom is 0.178 e. The average Bonchev–Trinajstić information content (AvgIpc) is 2.92. The summed E-state index contributed by atoms with van der Waals surface area (Å²) in [6, 6.07) is 3.64. The van der Waals surface area contributed by atoms with Gasteiger partial charge in [0.25, 0.3) is 0 Å². The van der Waals surface area contributed by atoms with Crippen molar-refractivity contribution in [1.82, 2.24) is 20.5 Å². The van der Waals surface area contributed by atoms with Crippen LogP contribution in [0.4, 0.5) is 5.69 Å². The summed E-state index contributed by atoms with van der Waals surface area (Å²) in [5.74, 6) is 0. The van der Waals surface area contributed by atoms with Gasteiger partial charge in [0.2, 0.25) is 0 Å². The lowest BCUT2D eigenvalue weighted by Crippen LogP contribution is -1.87. The Hall–Kier alpha value is -1.67. The van der Waals surface area contributed by atoms with Gasteiger partial charge in [0.15, 0.2) is 15.4 Å². The van der Waals surface area contributed by atoms with Gasteiger partial charge in [-0.2, -0.15) is 0 Å². The van der Waals surface area contributed by atoms with E-state index in [9.17, 15) is 0 Å². The third kappa shape index (κ3) is 1.51. The number of anilines is 1. The molecule has 0 aliphatic carbocycles. The van der Waals surface area contributed by atoms with Crippen molar-refractivity contribution in [1.29, 1.82) is 0 Å². The van der Waals surface area contributed by atoms with E-state index in [2.05, 4.69) is 25.1 Å². The summed E-state index contributed by atoms with van der Waals surface area (Å²) >= 11 is 2.93. The summed E-state index contributed by atoms with van der Waals surface area (Å²) in [5, 5.41) is 15.3. The van der Waals surface area contributed by atoms with E-state index in [0.717, 1.165) is 9.24 Å². The number of hydrogen-bond donors (Lipinski definition) is 1. The molecule has 80 valence electrons. The normalized spacial score (nSPS) is 11.0. The zero-order chi connectivity index (χ0) is 11.0. The number of hydrogen-bond acceptors (Lipinski definition) is 8. The molecule has 6 nitrogen and oxygen atoms in total. The molecule has 0 spiro atoms. The van der Waals surface area contributed by atoms with Gasteiger partial charge in [-0.15, -0.1) is 10.2 Å². The molecule has 0 amide bonds. The number of fused-ring (bicyclic) bond motifs is 1. The van der Waals surface area contributed by atoms with Gasteiger partial charge < -0.3 is 5.73 Å². The van der Waals surface area contributed by atoms with Crippen LogP contribution < -0.4 is 5.73 Å². The van der Waals surface area contributed by atoms with Crippen LogP contribution in [-0.4, -0.2) is 20.5 Å². The molecule has 0 atom stereocenters. The second-order valence-corrected chi connectivity index (χ2v) is 5.04. The molecule has 3 rings (SSSR count). The minimum absolute atomic E-state index is 0.554. The van der Waals surface area contributed by atoms with Gasteiger partial charge in [0.1, 0.15) is 5.51 Å². The van der Waals surface area contributed by atoms with Gasteiger partial charge in [-0.3, -0.25) is 0 Å². The van der Waals surface area contributed by atoms with E-state index in [1.807, 2.05) is 6.07 Å². The van der Waals surface area contributed by atoms with Crippen molar-refractivity contribution in [2.24, 2.45) is 0 Å². The number of rotatable bonds is 2. The molecule has 0 bridgehead atoms. The zero-order valence-corrected chi connectivity index (χ0v) is 9.46. The van der Waals surface area contributed by atoms with Crippen LogP contribution in [0.15, 0.2) is 31.5 Å². The second kappa shape index (κ2) is 3.72. The van der Waals surface area contributed by atoms with Crippen LogP contribution in [0.2, 0.25) is 0 Å². The molecule has 0 radical (unpaired) electrons. The minimum Gasteiger partial charge on any atom is -0.397 e. The Labute approximate surface area is 97.8 Å². The van der Waals surface area contributed by atoms with E-state index in [4.69, 9.17) is 5.73 Å². The Morgan fingerprint density at radius 3 is 2.94 bits per heavy atom. The molecule has 1 aromatic carbocycles. The monoisotopic (exact) mass is 251 g/mol. The first-order valence-corrected chi connectivity index (χ1v) is 5.99. The highest BCUT2D eigenvalue weighted by Crippen LogP contribution is 2.34. The van der Waals surface area contributed by atoms with Gasteiger partial charge in [-0.1, -0.05) is 23.1 Å². The molecule has 0 saturated carbocycles. The molecule has 16 heavy (non-hydrogen) atoms. The van der Waals surface area contributed by atoms with Crippen LogP contribution >= 0.6 is 23.1 Å². The van der Waals surface area contributed by atoms with E-state index in [-0.39, 0.29) is 0 Å². The third-order valence-corrected chi connectivity index (χ3v) is 3.77. The van der Waals surface area contributed by atoms with Crippen LogP contribution in [0.5, 0.6) is 0 Å². The molecule has 0 unspecified atom stereocenters. The first-order valence-electron chi connectivity index (χ1n) is 4.29. The average molecular weight is 251 g/mol. The van der Waals surface area contributed by atoms with Gasteiger partial charge in [-0.25, -0.2) is 4.63 Å². The summed E-state index contributed by atoms with van der Waals surface area (Å²) in [6.07, 6.45) is 0. The highest BCUT2D eigenvalue weighted by molar-refractivity contribution is 8.01. The van der Waals surface area contributed by atoms with E-state index >= 15 is 0 Å². The van der Waals surface area contributed by atoms with Gasteiger partial charge in [-0.05, 0) is 22.4 Å². The van der Waals surface area contributed by atoms with Gasteiger partial charge in [0.05, 0.1) is 5.69 Å². The molecule has 2 N–H and O–H groups in total. The Bertz CT molecular complexity index is 620. The van der Waals surface area contributed by atoms with Crippen LogP contribution in [-0.2, 0) is 0 Å². The predicted molar refractivity (Wildman–Crippen MR) is 60.2 cm³/mol. The first kappa shape index (κ1) is 9.55. The molecule has 0 fully saturated rings. The molecule has 3 aromatic rings. The fourth-order valence-corrected chi connectivity index (χ4v) is 2.76. The van der Waals surface area contributed by atoms with Crippen molar-refractivity contribution in [3.8, 4) is 0 Å². The maximum atomic E-state index is 5.75. The number of nitrogen functional groups attached to an aromatic ring is 1. The quantitative estimate of drug-likeness (QED) is 0.694. The summed E-state index contributed by atoms with van der Waals surface area (Å²) in [6.45, 7) is 0. The van der Waals surface area contributed by atoms with Crippen LogP contribution in [0, 0.1) is 0 Å². The van der Waals surface area contributed by atoms with Crippen molar-refractivity contribution >= 4 is 39.8 Å². The van der Waals surface area contributed by atoms with Crippen molar-refractivity contribution < 1.29 is 4.63 Å². The van der Waals surface area contributed by atoms with E-state index in [1.165, 1.54) is 23.1 Å². The molecule has 0 aliphatic heterocycles. The lowest BCUT2D eigenvalue weighted by atomic mass is 10.3. The van der Waals surface area contributed by atoms with Crippen molar-refractivity contribution in [2.75, 3.05) is 5.73 Å². The fourth-order valence-electron chi connectivity index (χ4n) is 1.25. The van der Waals surface area contributed by atoms with Gasteiger partial charge >= 0.3 is 0 Å². The summed E-state index contributed by atoms with van der Waals surface area (Å²) in [7, 11) is 0. The fraction of sp³-hybridized carbons (Fsp3) is 0. The van der Waals surface area contributed by atoms with E-state index < -0.39 is 0 Å². The Balaban J connectivity index is 2.10. The highest BCUT2D eigenvalue weighted by atomic mass is 32.2. The minimum atomic E-state index is 0.554. The number of nitrogens with two attached hydrogens (primary N) is 1. The van der Waals surface area contributed by atoms with Crippen LogP contribution in [0.3, 0.4) is 0 Å². The number of benzene rings is 1. The van der Waals surface area contributed by atoms with E-state index in [1.54, 1.807) is 11.6 Å². The number of nitrogens with zero attached hydrogens (tertiary/aromatic N) is 4. The zero-order valence-electron chi connectivity index (χ0n) is 7.82. The van der Waals surface area contributed by atoms with Crippen LogP contribution in [0.25, 0.3) is 11.0 Å². The Morgan fingerprint density at radius 2 is 2.12 bits per heavy atom. The molecular formula is C8H5N5OS2. The SMILES string of the molecule is Nc1ccc(Sc2nncs2)c2nonc12. The summed E-state index contributed by atoms with van der Waals surface area (Å²) < 4.78 is 5.52. The molecule has 0 aliphatic rings. The molecule has 8 heteroatoms. The Kier molecular flexibility index (Phi) is 2.22. The maximum absolute atomic E-state index is 5.75. The lowest BCUT2D eigenvalue weighted by Gasteiger charge is -1.98. The Morgan fingerprint density at radius 1 is 1.25 bits per heavy atom. The van der Waals surface area contributed by atoms with Crippen molar-refractivity contribution in [2.45, 2.75) is 9.24 Å². The molecule has 2 heterocycles. The molecule has 2 aromatic heterocycles. The van der Waals surface area contributed by atoms with Crippen molar-refractivity contribution in [3.05, 3.63) is 17.6 Å². The third-order valence-electron chi connectivity index (χ3n) is 1.95. The lowest BCUT2D eigenvalue weighted by molar-refractivity contribution is 0.315. The van der Waals surface area contributed by atoms with Crippen LogP contribution in [0.1, 0.15) is 0 Å². The number of aromatic nitrogens is 4. The topological polar surface area (TPSA) is 90.7 Å². The molecular weight excluding hydrogens is 246 g/mol. The highest BCUT2D eigenvalue weighted by Gasteiger charge is 2.12. The summed E-state index contributed by atoms with van der Waals surface area (Å²) in [5.41, 5.74) is 9.21. The smallest absolute Gasteiger partial charge is 0.178 e. The second-order valence-electron chi connectivity index (χ2n) is 2.92. The van der Waals surface area contributed by atoms with Gasteiger partial charge in [0, 0.05) is 4.90 Å². The van der Waals surface area contributed by atoms with Crippen molar-refractivity contribution in [3.63, 3.8) is 0 Å².